The van der Waals surface area contributed by atoms with Gasteiger partial charge in [-0.05, 0) is 55.3 Å². The molecule has 0 saturated carbocycles. The molecule has 4 heterocycles. The number of sulfonamides is 1. The molecule has 0 aliphatic carbocycles. The number of hydrogen-bond acceptors (Lipinski definition) is 5. The van der Waals surface area contributed by atoms with Gasteiger partial charge in [0.15, 0.2) is 17.2 Å². The van der Waals surface area contributed by atoms with E-state index in [9.17, 15) is 12.8 Å². The summed E-state index contributed by atoms with van der Waals surface area (Å²) in [4.78, 5) is 9.13. The van der Waals surface area contributed by atoms with Crippen LogP contribution in [0.15, 0.2) is 64.2 Å². The van der Waals surface area contributed by atoms with Gasteiger partial charge in [-0.1, -0.05) is 6.07 Å². The standard InChI is InChI=1S/C21H19FN4O3S/c1-14-6-7-15(22)12-19(14)30(27,28)25-10-8-16(13-25)26-20-17(4-2-9-23-20)24-21(26)18-5-3-11-29-18/h2-7,9,11-12,16H,8,10,13H2,1H3/t16-/m0/s1. The second kappa shape index (κ2) is 7.03. The van der Waals surface area contributed by atoms with Gasteiger partial charge in [-0.25, -0.2) is 22.8 Å². The molecule has 9 heteroatoms. The van der Waals surface area contributed by atoms with Gasteiger partial charge in [0.25, 0.3) is 0 Å². The number of pyridine rings is 1. The predicted octanol–water partition coefficient (Wildman–Crippen LogP) is 3.77. The topological polar surface area (TPSA) is 81.2 Å². The lowest BCUT2D eigenvalue weighted by Gasteiger charge is -2.19. The fourth-order valence-electron chi connectivity index (χ4n) is 3.99. The summed E-state index contributed by atoms with van der Waals surface area (Å²) >= 11 is 0. The molecule has 7 nitrogen and oxygen atoms in total. The van der Waals surface area contributed by atoms with Crippen LogP contribution in [0.3, 0.4) is 0 Å². The Balaban J connectivity index is 1.55. The summed E-state index contributed by atoms with van der Waals surface area (Å²) in [5.41, 5.74) is 1.91. The number of aryl methyl sites for hydroxylation is 1. The van der Waals surface area contributed by atoms with Gasteiger partial charge in [0, 0.05) is 19.3 Å². The number of aromatic nitrogens is 3. The van der Waals surface area contributed by atoms with Crippen LogP contribution < -0.4 is 0 Å². The number of fused-ring (bicyclic) bond motifs is 1. The number of furan rings is 1. The van der Waals surface area contributed by atoms with E-state index in [1.54, 1.807) is 25.5 Å². The molecule has 0 radical (unpaired) electrons. The van der Waals surface area contributed by atoms with Crippen molar-refractivity contribution in [1.82, 2.24) is 18.8 Å². The van der Waals surface area contributed by atoms with Crippen LogP contribution in [-0.2, 0) is 10.0 Å². The molecule has 0 amide bonds. The van der Waals surface area contributed by atoms with Crippen molar-refractivity contribution < 1.29 is 17.2 Å². The summed E-state index contributed by atoms with van der Waals surface area (Å²) in [7, 11) is -3.82. The van der Waals surface area contributed by atoms with E-state index in [4.69, 9.17) is 4.42 Å². The van der Waals surface area contributed by atoms with Crippen LogP contribution in [0.4, 0.5) is 4.39 Å². The van der Waals surface area contributed by atoms with Crippen molar-refractivity contribution in [3.8, 4) is 11.6 Å². The van der Waals surface area contributed by atoms with E-state index in [-0.39, 0.29) is 17.5 Å². The first-order valence-corrected chi connectivity index (χ1v) is 11.0. The SMILES string of the molecule is Cc1ccc(F)cc1S(=O)(=O)N1CC[C@H](n2c(-c3ccco3)nc3cccnc32)C1. The molecule has 0 spiro atoms. The summed E-state index contributed by atoms with van der Waals surface area (Å²) in [6.45, 7) is 2.24. The van der Waals surface area contributed by atoms with Gasteiger partial charge in [0.2, 0.25) is 10.0 Å². The van der Waals surface area contributed by atoms with E-state index in [0.29, 0.717) is 41.3 Å². The lowest BCUT2D eigenvalue weighted by atomic mass is 10.2. The van der Waals surface area contributed by atoms with Crippen molar-refractivity contribution in [1.29, 1.82) is 0 Å². The Labute approximate surface area is 172 Å². The molecule has 30 heavy (non-hydrogen) atoms. The Morgan fingerprint density at radius 2 is 2.07 bits per heavy atom. The van der Waals surface area contributed by atoms with E-state index in [1.165, 1.54) is 16.4 Å². The molecule has 0 bridgehead atoms. The largest absolute Gasteiger partial charge is 0.461 e. The summed E-state index contributed by atoms with van der Waals surface area (Å²) in [5, 5.41) is 0. The molecular formula is C21H19FN4O3S. The quantitative estimate of drug-likeness (QED) is 0.496. The maximum absolute atomic E-state index is 13.7. The van der Waals surface area contributed by atoms with Crippen LogP contribution in [0.25, 0.3) is 22.7 Å². The maximum Gasteiger partial charge on any atom is 0.243 e. The molecule has 1 aliphatic heterocycles. The van der Waals surface area contributed by atoms with Crippen molar-refractivity contribution in [2.75, 3.05) is 13.1 Å². The molecular weight excluding hydrogens is 407 g/mol. The van der Waals surface area contributed by atoms with Crippen LogP contribution in [0.5, 0.6) is 0 Å². The molecule has 5 rings (SSSR count). The van der Waals surface area contributed by atoms with Crippen molar-refractivity contribution in [3.63, 3.8) is 0 Å². The van der Waals surface area contributed by atoms with Gasteiger partial charge in [0.05, 0.1) is 17.2 Å². The highest BCUT2D eigenvalue weighted by Gasteiger charge is 2.36. The zero-order valence-electron chi connectivity index (χ0n) is 16.2. The molecule has 3 aromatic heterocycles. The van der Waals surface area contributed by atoms with Crippen LogP contribution >= 0.6 is 0 Å². The Morgan fingerprint density at radius 3 is 2.87 bits per heavy atom. The predicted molar refractivity (Wildman–Crippen MR) is 109 cm³/mol. The average Bonchev–Trinajstić information content (AvgIpc) is 3.48. The van der Waals surface area contributed by atoms with Crippen molar-refractivity contribution in [2.45, 2.75) is 24.3 Å². The third-order valence-corrected chi connectivity index (χ3v) is 7.46. The highest BCUT2D eigenvalue weighted by Crippen LogP contribution is 2.34. The van der Waals surface area contributed by atoms with Crippen molar-refractivity contribution in [3.05, 3.63) is 66.3 Å². The first-order valence-electron chi connectivity index (χ1n) is 9.58. The van der Waals surface area contributed by atoms with Gasteiger partial charge in [0.1, 0.15) is 11.3 Å². The number of nitrogens with zero attached hydrogens (tertiary/aromatic N) is 4. The normalized spacial score (nSPS) is 17.7. The fraction of sp³-hybridized carbons (Fsp3) is 0.238. The van der Waals surface area contributed by atoms with Gasteiger partial charge < -0.3 is 8.98 Å². The summed E-state index contributed by atoms with van der Waals surface area (Å²) in [5.74, 6) is 0.634. The van der Waals surface area contributed by atoms with Gasteiger partial charge >= 0.3 is 0 Å². The molecule has 0 N–H and O–H groups in total. The zero-order valence-corrected chi connectivity index (χ0v) is 17.0. The average molecular weight is 426 g/mol. The Bertz CT molecular complexity index is 1330. The summed E-state index contributed by atoms with van der Waals surface area (Å²) in [6.07, 6.45) is 3.85. The van der Waals surface area contributed by atoms with Crippen molar-refractivity contribution >= 4 is 21.2 Å². The van der Waals surface area contributed by atoms with E-state index >= 15 is 0 Å². The van der Waals surface area contributed by atoms with E-state index < -0.39 is 15.8 Å². The lowest BCUT2D eigenvalue weighted by molar-refractivity contribution is 0.452. The molecule has 0 unspecified atom stereocenters. The Kier molecular flexibility index (Phi) is 4.44. The van der Waals surface area contributed by atoms with Gasteiger partial charge in [-0.2, -0.15) is 4.31 Å². The van der Waals surface area contributed by atoms with Crippen LogP contribution in [0.2, 0.25) is 0 Å². The van der Waals surface area contributed by atoms with Crippen LogP contribution in [-0.4, -0.2) is 40.3 Å². The van der Waals surface area contributed by atoms with Crippen LogP contribution in [0.1, 0.15) is 18.0 Å². The minimum atomic E-state index is -3.82. The molecule has 1 atom stereocenters. The highest BCUT2D eigenvalue weighted by molar-refractivity contribution is 7.89. The molecule has 1 fully saturated rings. The molecule has 4 aromatic rings. The molecule has 1 aliphatic rings. The van der Waals surface area contributed by atoms with E-state index in [1.807, 2.05) is 22.8 Å². The third kappa shape index (κ3) is 3.01. The lowest BCUT2D eigenvalue weighted by Crippen LogP contribution is -2.30. The second-order valence-corrected chi connectivity index (χ2v) is 9.25. The fourth-order valence-corrected chi connectivity index (χ4v) is 5.71. The molecule has 1 saturated heterocycles. The first kappa shape index (κ1) is 19.0. The van der Waals surface area contributed by atoms with E-state index in [0.717, 1.165) is 6.07 Å². The summed E-state index contributed by atoms with van der Waals surface area (Å²) in [6, 6.07) is 10.9. The maximum atomic E-state index is 13.7. The number of rotatable bonds is 4. The minimum absolute atomic E-state index is 0.00280. The number of benzene rings is 1. The van der Waals surface area contributed by atoms with E-state index in [2.05, 4.69) is 9.97 Å². The zero-order chi connectivity index (χ0) is 20.9. The first-order chi connectivity index (χ1) is 14.4. The highest BCUT2D eigenvalue weighted by atomic mass is 32.2. The molecule has 1 aromatic carbocycles. The monoisotopic (exact) mass is 426 g/mol. The Morgan fingerprint density at radius 1 is 1.20 bits per heavy atom. The number of hydrogen-bond donors (Lipinski definition) is 0. The Hall–Kier alpha value is -3.04. The smallest absolute Gasteiger partial charge is 0.243 e. The second-order valence-electron chi connectivity index (χ2n) is 7.34. The van der Waals surface area contributed by atoms with Gasteiger partial charge in [-0.15, -0.1) is 0 Å². The number of imidazole rings is 1. The van der Waals surface area contributed by atoms with Gasteiger partial charge in [-0.3, -0.25) is 0 Å². The minimum Gasteiger partial charge on any atom is -0.461 e. The summed E-state index contributed by atoms with van der Waals surface area (Å²) < 4.78 is 49.0. The third-order valence-electron chi connectivity index (χ3n) is 5.45. The van der Waals surface area contributed by atoms with Crippen molar-refractivity contribution in [2.24, 2.45) is 0 Å². The molecule has 154 valence electrons. The van der Waals surface area contributed by atoms with Crippen LogP contribution in [0, 0.1) is 12.7 Å². The number of halogens is 1.